The van der Waals surface area contributed by atoms with E-state index in [-0.39, 0.29) is 35.1 Å². The van der Waals surface area contributed by atoms with Gasteiger partial charge in [0.1, 0.15) is 30.3 Å². The predicted molar refractivity (Wildman–Crippen MR) is 133 cm³/mol. The topological polar surface area (TPSA) is 131 Å². The average Bonchev–Trinajstić information content (AvgIpc) is 3.51. The number of aliphatic hydroxyl groups excluding tert-OH is 1. The summed E-state index contributed by atoms with van der Waals surface area (Å²) in [5.41, 5.74) is 1.94. The molecule has 3 aromatic heterocycles. The Morgan fingerprint density at radius 2 is 2.24 bits per heavy atom. The number of anilines is 2. The second kappa shape index (κ2) is 10.5. The molecule has 4 aromatic rings. The average molecular weight is 529 g/mol. The standard InChI is InChI=1S/C24H26F2N8O4/c1-3-32(2)20(35)13-33-12-17(30-23(36)15-11-29-34-7-4-5-28-22(15)34)21(31-33)14-9-19-16(27-6-8-37-19)10-18(14)38-24(25)26/h4-5,7,9-12,23-24,27,30,36H,3,6,8,13H2,1-2H3. The predicted octanol–water partition coefficient (Wildman–Crippen LogP) is 2.58. The van der Waals surface area contributed by atoms with Gasteiger partial charge in [-0.25, -0.2) is 9.50 Å². The highest BCUT2D eigenvalue weighted by atomic mass is 19.3. The van der Waals surface area contributed by atoms with Gasteiger partial charge in [0, 0.05) is 44.8 Å². The maximum absolute atomic E-state index is 13.4. The van der Waals surface area contributed by atoms with E-state index in [0.717, 1.165) is 0 Å². The normalized spacial score (nSPS) is 13.5. The Labute approximate surface area is 215 Å². The Balaban J connectivity index is 1.58. The number of alkyl halides is 2. The van der Waals surface area contributed by atoms with Crippen LogP contribution in [0.15, 0.2) is 43.0 Å². The molecule has 0 saturated heterocycles. The summed E-state index contributed by atoms with van der Waals surface area (Å²) >= 11 is 0. The highest BCUT2D eigenvalue weighted by Gasteiger charge is 2.25. The molecule has 0 bridgehead atoms. The molecule has 38 heavy (non-hydrogen) atoms. The fraction of sp³-hybridized carbons (Fsp3) is 0.333. The van der Waals surface area contributed by atoms with Crippen molar-refractivity contribution in [1.29, 1.82) is 0 Å². The molecule has 1 atom stereocenters. The summed E-state index contributed by atoms with van der Waals surface area (Å²) in [7, 11) is 1.66. The third-order valence-electron chi connectivity index (χ3n) is 6.08. The maximum Gasteiger partial charge on any atom is 0.387 e. The van der Waals surface area contributed by atoms with Gasteiger partial charge in [0.2, 0.25) is 5.91 Å². The summed E-state index contributed by atoms with van der Waals surface area (Å²) < 4.78 is 40.2. The van der Waals surface area contributed by atoms with Crippen LogP contribution in [0.2, 0.25) is 0 Å². The van der Waals surface area contributed by atoms with Gasteiger partial charge in [0.05, 0.1) is 28.7 Å². The lowest BCUT2D eigenvalue weighted by Crippen LogP contribution is -2.30. The number of carbonyl (C=O) groups is 1. The van der Waals surface area contributed by atoms with Crippen LogP contribution in [0, 0.1) is 0 Å². The molecule has 1 aliphatic heterocycles. The molecule has 3 N–H and O–H groups in total. The molecule has 5 rings (SSSR count). The molecule has 1 aromatic carbocycles. The van der Waals surface area contributed by atoms with E-state index >= 15 is 0 Å². The first kappa shape index (κ1) is 25.2. The van der Waals surface area contributed by atoms with E-state index in [1.807, 2.05) is 6.92 Å². The Hall–Kier alpha value is -4.46. The molecule has 12 nitrogen and oxygen atoms in total. The monoisotopic (exact) mass is 528 g/mol. The minimum absolute atomic E-state index is 0.110. The number of aromatic nitrogens is 5. The summed E-state index contributed by atoms with van der Waals surface area (Å²) in [4.78, 5) is 18.4. The van der Waals surface area contributed by atoms with Crippen molar-refractivity contribution in [3.05, 3.63) is 48.5 Å². The van der Waals surface area contributed by atoms with E-state index in [0.29, 0.717) is 42.3 Å². The zero-order valence-electron chi connectivity index (χ0n) is 20.6. The van der Waals surface area contributed by atoms with E-state index in [1.165, 1.54) is 32.6 Å². The van der Waals surface area contributed by atoms with Gasteiger partial charge in [0.15, 0.2) is 11.9 Å². The molecule has 0 spiro atoms. The summed E-state index contributed by atoms with van der Waals surface area (Å²) in [6.07, 6.45) is 4.95. The number of aliphatic hydroxyl groups is 1. The summed E-state index contributed by atoms with van der Waals surface area (Å²) in [5, 5.41) is 25.8. The van der Waals surface area contributed by atoms with Crippen molar-refractivity contribution in [2.75, 3.05) is 37.4 Å². The molecule has 0 fully saturated rings. The van der Waals surface area contributed by atoms with Gasteiger partial charge in [-0.1, -0.05) is 0 Å². The fourth-order valence-corrected chi connectivity index (χ4v) is 4.05. The van der Waals surface area contributed by atoms with Crippen molar-refractivity contribution in [2.24, 2.45) is 0 Å². The number of hydrogen-bond donors (Lipinski definition) is 3. The van der Waals surface area contributed by atoms with Crippen LogP contribution < -0.4 is 20.1 Å². The summed E-state index contributed by atoms with van der Waals surface area (Å²) in [6.45, 7) is 0.0372. The summed E-state index contributed by atoms with van der Waals surface area (Å²) in [6, 6.07) is 4.66. The Morgan fingerprint density at radius 3 is 3.03 bits per heavy atom. The maximum atomic E-state index is 13.4. The van der Waals surface area contributed by atoms with Gasteiger partial charge in [-0.05, 0) is 19.1 Å². The van der Waals surface area contributed by atoms with Gasteiger partial charge in [-0.2, -0.15) is 19.0 Å². The lowest BCUT2D eigenvalue weighted by molar-refractivity contribution is -0.130. The highest BCUT2D eigenvalue weighted by Crippen LogP contribution is 2.43. The van der Waals surface area contributed by atoms with E-state index in [9.17, 15) is 18.7 Å². The van der Waals surface area contributed by atoms with Crippen LogP contribution in [0.25, 0.3) is 16.9 Å². The van der Waals surface area contributed by atoms with Crippen LogP contribution in [-0.4, -0.2) is 73.6 Å². The van der Waals surface area contributed by atoms with E-state index in [4.69, 9.17) is 9.47 Å². The molecule has 0 radical (unpaired) electrons. The van der Waals surface area contributed by atoms with Crippen molar-refractivity contribution < 1.29 is 28.2 Å². The highest BCUT2D eigenvalue weighted by molar-refractivity contribution is 5.83. The van der Waals surface area contributed by atoms with E-state index in [2.05, 4.69) is 25.8 Å². The largest absolute Gasteiger partial charge is 0.490 e. The first-order valence-corrected chi connectivity index (χ1v) is 11.9. The Bertz CT molecular complexity index is 1460. The van der Waals surface area contributed by atoms with Gasteiger partial charge < -0.3 is 30.1 Å². The first-order valence-electron chi connectivity index (χ1n) is 11.9. The van der Waals surface area contributed by atoms with Gasteiger partial charge in [-0.3, -0.25) is 9.48 Å². The number of ether oxygens (including phenoxy) is 2. The molecular weight excluding hydrogens is 502 g/mol. The van der Waals surface area contributed by atoms with Gasteiger partial charge in [0.25, 0.3) is 0 Å². The van der Waals surface area contributed by atoms with Crippen LogP contribution in [0.1, 0.15) is 18.7 Å². The number of halogens is 2. The number of rotatable bonds is 9. The molecule has 200 valence electrons. The van der Waals surface area contributed by atoms with Crippen LogP contribution in [0.5, 0.6) is 11.5 Å². The van der Waals surface area contributed by atoms with Crippen molar-refractivity contribution in [1.82, 2.24) is 29.3 Å². The van der Waals surface area contributed by atoms with E-state index < -0.39 is 12.8 Å². The Kier molecular flexibility index (Phi) is 6.96. The van der Waals surface area contributed by atoms with Gasteiger partial charge in [-0.15, -0.1) is 0 Å². The smallest absolute Gasteiger partial charge is 0.387 e. The number of likely N-dealkylation sites (N-methyl/N-ethyl adjacent to an activating group) is 1. The Morgan fingerprint density at radius 1 is 1.39 bits per heavy atom. The first-order chi connectivity index (χ1) is 18.3. The van der Waals surface area contributed by atoms with Crippen LogP contribution in [0.4, 0.5) is 20.2 Å². The molecule has 0 saturated carbocycles. The number of hydrogen-bond acceptors (Lipinski definition) is 9. The van der Waals surface area contributed by atoms with Crippen LogP contribution in [-0.2, 0) is 11.3 Å². The summed E-state index contributed by atoms with van der Waals surface area (Å²) in [5.74, 6) is 0.0826. The lowest BCUT2D eigenvalue weighted by atomic mass is 10.1. The second-order valence-electron chi connectivity index (χ2n) is 8.53. The minimum Gasteiger partial charge on any atom is -0.490 e. The number of nitrogens with one attached hydrogen (secondary N) is 2. The third-order valence-corrected chi connectivity index (χ3v) is 6.08. The van der Waals surface area contributed by atoms with Crippen molar-refractivity contribution in [2.45, 2.75) is 26.3 Å². The molecule has 1 amide bonds. The number of amides is 1. The number of fused-ring (bicyclic) bond motifs is 2. The number of nitrogens with zero attached hydrogens (tertiary/aromatic N) is 6. The molecule has 4 heterocycles. The van der Waals surface area contributed by atoms with Crippen LogP contribution >= 0.6 is 0 Å². The fourth-order valence-electron chi connectivity index (χ4n) is 4.05. The van der Waals surface area contributed by atoms with Gasteiger partial charge >= 0.3 is 6.61 Å². The number of carbonyl (C=O) groups excluding carboxylic acids is 1. The van der Waals surface area contributed by atoms with Crippen molar-refractivity contribution >= 4 is 22.9 Å². The molecular formula is C24H26F2N8O4. The molecule has 1 aliphatic rings. The zero-order valence-corrected chi connectivity index (χ0v) is 20.6. The van der Waals surface area contributed by atoms with Crippen molar-refractivity contribution in [3.63, 3.8) is 0 Å². The minimum atomic E-state index is -3.09. The SMILES string of the molecule is CCN(C)C(=O)Cn1cc(NC(O)c2cnn3cccnc23)c(-c2cc3c(cc2OC(F)F)NCCO3)n1. The molecule has 1 unspecified atom stereocenters. The molecule has 14 heteroatoms. The van der Waals surface area contributed by atoms with Crippen LogP contribution in [0.3, 0.4) is 0 Å². The third kappa shape index (κ3) is 5.02. The molecule has 0 aliphatic carbocycles. The second-order valence-corrected chi connectivity index (χ2v) is 8.53. The zero-order chi connectivity index (χ0) is 26.8. The number of benzene rings is 1. The van der Waals surface area contributed by atoms with E-state index in [1.54, 1.807) is 31.6 Å². The van der Waals surface area contributed by atoms with Crippen molar-refractivity contribution in [3.8, 4) is 22.8 Å². The quantitative estimate of drug-likeness (QED) is 0.281. The lowest BCUT2D eigenvalue weighted by Gasteiger charge is -2.22.